The zero-order valence-corrected chi connectivity index (χ0v) is 11.7. The van der Waals surface area contributed by atoms with E-state index in [4.69, 9.17) is 23.2 Å². The number of sulfone groups is 1. The molecule has 0 spiro atoms. The van der Waals surface area contributed by atoms with Crippen LogP contribution >= 0.6 is 39.1 Å². The lowest BCUT2D eigenvalue weighted by molar-refractivity contribution is 0.589. The van der Waals surface area contributed by atoms with Gasteiger partial charge in [0.05, 0.1) is 4.47 Å². The van der Waals surface area contributed by atoms with E-state index in [2.05, 4.69) is 25.9 Å². The van der Waals surface area contributed by atoms with Gasteiger partial charge in [0.1, 0.15) is 21.4 Å². The molecule has 0 bridgehead atoms. The summed E-state index contributed by atoms with van der Waals surface area (Å²) >= 11 is 14.5. The Morgan fingerprint density at radius 3 is 2.00 bits per heavy atom. The normalized spacial score (nSPS) is 13.9. The Morgan fingerprint density at radius 2 is 1.67 bits per heavy atom. The molecule has 1 heterocycles. The van der Waals surface area contributed by atoms with Crippen LogP contribution in [0.25, 0.3) is 0 Å². The second-order valence-corrected chi connectivity index (χ2v) is 6.82. The van der Waals surface area contributed by atoms with Crippen LogP contribution in [0.15, 0.2) is 4.47 Å². The van der Waals surface area contributed by atoms with Crippen LogP contribution in [0.3, 0.4) is 0 Å². The van der Waals surface area contributed by atoms with Gasteiger partial charge in [0.2, 0.25) is 0 Å². The summed E-state index contributed by atoms with van der Waals surface area (Å²) in [5.41, 5.74) is 0. The molecule has 0 radical (unpaired) electrons. The molecule has 8 heteroatoms. The Labute approximate surface area is 106 Å². The molecule has 1 aromatic rings. The highest BCUT2D eigenvalue weighted by molar-refractivity contribution is 9.10. The molecule has 0 saturated heterocycles. The Balaban J connectivity index is 3.29. The molecule has 0 N–H and O–H groups in total. The van der Waals surface area contributed by atoms with E-state index in [-0.39, 0.29) is 16.1 Å². The molecule has 4 nitrogen and oxygen atoms in total. The van der Waals surface area contributed by atoms with E-state index in [1.807, 2.05) is 0 Å². The van der Waals surface area contributed by atoms with Gasteiger partial charge in [-0.15, -0.1) is 0 Å². The highest BCUT2D eigenvalue weighted by atomic mass is 79.9. The maximum absolute atomic E-state index is 11.3. The van der Waals surface area contributed by atoms with Crippen LogP contribution in [0, 0.1) is 0 Å². The van der Waals surface area contributed by atoms with Crippen molar-refractivity contribution in [3.05, 3.63) is 20.6 Å². The third-order valence-corrected chi connectivity index (χ3v) is 5.04. The van der Waals surface area contributed by atoms with Gasteiger partial charge in [-0.3, -0.25) is 0 Å². The van der Waals surface area contributed by atoms with E-state index in [0.717, 1.165) is 6.26 Å². The first-order valence-corrected chi connectivity index (χ1v) is 7.31. The summed E-state index contributed by atoms with van der Waals surface area (Å²) in [6.07, 6.45) is 1.10. The average molecular weight is 334 g/mol. The predicted molar refractivity (Wildman–Crippen MR) is 63.0 cm³/mol. The van der Waals surface area contributed by atoms with Gasteiger partial charge in [-0.05, 0) is 22.9 Å². The van der Waals surface area contributed by atoms with Crippen LogP contribution in [-0.4, -0.2) is 24.6 Å². The van der Waals surface area contributed by atoms with Gasteiger partial charge in [0.25, 0.3) is 0 Å². The molecule has 1 unspecified atom stereocenters. The lowest BCUT2D eigenvalue weighted by Crippen LogP contribution is -2.11. The molecular weight excluding hydrogens is 327 g/mol. The lowest BCUT2D eigenvalue weighted by atomic mass is 10.4. The SMILES string of the molecule is CC(c1nc(Cl)c(Br)c(Cl)n1)S(C)(=O)=O. The van der Waals surface area contributed by atoms with Crippen molar-refractivity contribution in [2.45, 2.75) is 12.2 Å². The van der Waals surface area contributed by atoms with Crippen LogP contribution in [0.2, 0.25) is 10.3 Å². The minimum absolute atomic E-state index is 0.0932. The number of hydrogen-bond donors (Lipinski definition) is 0. The summed E-state index contributed by atoms with van der Waals surface area (Å²) in [6, 6.07) is 0. The summed E-state index contributed by atoms with van der Waals surface area (Å²) in [6.45, 7) is 1.48. The standard InChI is InChI=1S/C7H7BrCl2N2O2S/c1-3(15(2,13)14)7-11-5(9)4(8)6(10)12-7/h3H,1-2H3. The molecule has 84 valence electrons. The Kier molecular flexibility index (Phi) is 3.97. The largest absolute Gasteiger partial charge is 0.228 e. The van der Waals surface area contributed by atoms with Crippen molar-refractivity contribution in [3.63, 3.8) is 0 Å². The number of aromatic nitrogens is 2. The third-order valence-electron chi connectivity index (χ3n) is 1.79. The molecule has 1 rings (SSSR count). The van der Waals surface area contributed by atoms with Gasteiger partial charge in [-0.25, -0.2) is 18.4 Å². The molecule has 0 aromatic carbocycles. The monoisotopic (exact) mass is 332 g/mol. The second kappa shape index (κ2) is 4.53. The number of halogens is 3. The molecule has 0 aliphatic carbocycles. The maximum atomic E-state index is 11.3. The summed E-state index contributed by atoms with van der Waals surface area (Å²) in [4.78, 5) is 7.69. The van der Waals surface area contributed by atoms with Crippen molar-refractivity contribution >= 4 is 49.0 Å². The molecule has 0 aliphatic rings. The predicted octanol–water partition coefficient (Wildman–Crippen LogP) is 2.65. The number of rotatable bonds is 2. The first-order valence-electron chi connectivity index (χ1n) is 3.80. The fraction of sp³-hybridized carbons (Fsp3) is 0.429. The van der Waals surface area contributed by atoms with Crippen molar-refractivity contribution in [1.29, 1.82) is 0 Å². The second-order valence-electron chi connectivity index (χ2n) is 2.95. The number of hydrogen-bond acceptors (Lipinski definition) is 4. The summed E-state index contributed by atoms with van der Waals surface area (Å²) in [5, 5.41) is -0.637. The molecule has 0 amide bonds. The molecule has 0 fully saturated rings. The lowest BCUT2D eigenvalue weighted by Gasteiger charge is -2.09. The van der Waals surface area contributed by atoms with Crippen LogP contribution < -0.4 is 0 Å². The Morgan fingerprint density at radius 1 is 1.27 bits per heavy atom. The molecule has 15 heavy (non-hydrogen) atoms. The van der Waals surface area contributed by atoms with Crippen molar-refractivity contribution in [3.8, 4) is 0 Å². The first-order chi connectivity index (χ1) is 6.73. The highest BCUT2D eigenvalue weighted by Crippen LogP contribution is 2.29. The van der Waals surface area contributed by atoms with E-state index < -0.39 is 15.1 Å². The van der Waals surface area contributed by atoms with Crippen molar-refractivity contribution in [2.75, 3.05) is 6.26 Å². The minimum atomic E-state index is -3.26. The maximum Gasteiger partial charge on any atom is 0.157 e. The third kappa shape index (κ3) is 3.03. The minimum Gasteiger partial charge on any atom is -0.228 e. The van der Waals surface area contributed by atoms with Crippen LogP contribution in [0.1, 0.15) is 18.0 Å². The van der Waals surface area contributed by atoms with Gasteiger partial charge < -0.3 is 0 Å². The molecule has 1 aromatic heterocycles. The topological polar surface area (TPSA) is 59.9 Å². The smallest absolute Gasteiger partial charge is 0.157 e. The van der Waals surface area contributed by atoms with E-state index >= 15 is 0 Å². The van der Waals surface area contributed by atoms with E-state index in [1.54, 1.807) is 0 Å². The van der Waals surface area contributed by atoms with Gasteiger partial charge >= 0.3 is 0 Å². The molecule has 0 saturated carbocycles. The van der Waals surface area contributed by atoms with E-state index in [0.29, 0.717) is 4.47 Å². The Bertz CT molecular complexity index is 469. The van der Waals surface area contributed by atoms with E-state index in [1.165, 1.54) is 6.92 Å². The van der Waals surface area contributed by atoms with E-state index in [9.17, 15) is 8.42 Å². The molecule has 0 aliphatic heterocycles. The first kappa shape index (κ1) is 13.2. The zero-order valence-electron chi connectivity index (χ0n) is 7.83. The van der Waals surface area contributed by atoms with Crippen molar-refractivity contribution in [1.82, 2.24) is 9.97 Å². The quantitative estimate of drug-likeness (QED) is 0.781. The average Bonchev–Trinajstić information content (AvgIpc) is 2.10. The fourth-order valence-corrected chi connectivity index (χ4v) is 1.85. The molecule has 1 atom stereocenters. The zero-order chi connectivity index (χ0) is 11.8. The summed E-state index contributed by atoms with van der Waals surface area (Å²) in [7, 11) is -3.26. The van der Waals surface area contributed by atoms with Gasteiger partial charge in [-0.2, -0.15) is 0 Å². The molecular formula is C7H7BrCl2N2O2S. The van der Waals surface area contributed by atoms with Gasteiger partial charge in [0.15, 0.2) is 9.84 Å². The fourth-order valence-electron chi connectivity index (χ4n) is 0.783. The van der Waals surface area contributed by atoms with Gasteiger partial charge in [0, 0.05) is 6.26 Å². The van der Waals surface area contributed by atoms with Crippen molar-refractivity contribution < 1.29 is 8.42 Å². The summed E-state index contributed by atoms with van der Waals surface area (Å²) < 4.78 is 22.9. The summed E-state index contributed by atoms with van der Waals surface area (Å²) in [5.74, 6) is 0.0932. The van der Waals surface area contributed by atoms with Crippen LogP contribution in [0.5, 0.6) is 0 Å². The van der Waals surface area contributed by atoms with Crippen LogP contribution in [0.4, 0.5) is 0 Å². The Hall–Kier alpha value is 0.0900. The van der Waals surface area contributed by atoms with Gasteiger partial charge in [-0.1, -0.05) is 23.2 Å². The van der Waals surface area contributed by atoms with Crippen molar-refractivity contribution in [2.24, 2.45) is 0 Å². The van der Waals surface area contributed by atoms with Crippen LogP contribution in [-0.2, 0) is 9.84 Å². The number of nitrogens with zero attached hydrogens (tertiary/aromatic N) is 2. The highest BCUT2D eigenvalue weighted by Gasteiger charge is 2.22.